The second kappa shape index (κ2) is 7.94. The summed E-state index contributed by atoms with van der Waals surface area (Å²) in [6, 6.07) is 12.5. The third kappa shape index (κ3) is 3.68. The standard InChI is InChI=1S/C22H23NO5/c23-17-8-3-4-9-18(17)26-12-14(24)13-27-19-10-5-11-20-21(19)15-6-1-2-7-16(15)22(25)28-20/h3-5,8-11,14,24H,1-2,6-7,12-13,23H2. The molecular formula is C22H23NO5. The lowest BCUT2D eigenvalue weighted by atomic mass is 9.90. The van der Waals surface area contributed by atoms with Crippen molar-refractivity contribution in [3.63, 3.8) is 0 Å². The van der Waals surface area contributed by atoms with E-state index in [9.17, 15) is 9.90 Å². The summed E-state index contributed by atoms with van der Waals surface area (Å²) in [6.45, 7) is 0.117. The predicted molar refractivity (Wildman–Crippen MR) is 107 cm³/mol. The molecule has 0 radical (unpaired) electrons. The van der Waals surface area contributed by atoms with Gasteiger partial charge in [-0.05, 0) is 55.5 Å². The van der Waals surface area contributed by atoms with E-state index in [-0.39, 0.29) is 18.8 Å². The quantitative estimate of drug-likeness (QED) is 0.503. The molecule has 1 aliphatic carbocycles. The third-order valence-corrected chi connectivity index (χ3v) is 4.99. The Hall–Kier alpha value is -2.99. The summed E-state index contributed by atoms with van der Waals surface area (Å²) in [6.07, 6.45) is 2.76. The van der Waals surface area contributed by atoms with E-state index >= 15 is 0 Å². The maximum atomic E-state index is 12.2. The fraction of sp³-hybridized carbons (Fsp3) is 0.318. The Bertz CT molecular complexity index is 1040. The molecule has 0 saturated heterocycles. The van der Waals surface area contributed by atoms with Gasteiger partial charge in [0.05, 0.1) is 11.1 Å². The van der Waals surface area contributed by atoms with Gasteiger partial charge >= 0.3 is 5.63 Å². The van der Waals surface area contributed by atoms with E-state index in [2.05, 4.69) is 0 Å². The number of aryl methyl sites for hydroxylation is 1. The van der Waals surface area contributed by atoms with Crippen LogP contribution in [0.15, 0.2) is 51.7 Å². The Kier molecular flexibility index (Phi) is 5.21. The molecule has 3 aromatic rings. The summed E-state index contributed by atoms with van der Waals surface area (Å²) in [5.41, 5.74) is 8.38. The lowest BCUT2D eigenvalue weighted by Crippen LogP contribution is -2.25. The van der Waals surface area contributed by atoms with Crippen LogP contribution in [0.3, 0.4) is 0 Å². The number of hydrogen-bond acceptors (Lipinski definition) is 6. The highest BCUT2D eigenvalue weighted by Gasteiger charge is 2.21. The van der Waals surface area contributed by atoms with Gasteiger partial charge in [-0.15, -0.1) is 0 Å². The fourth-order valence-electron chi connectivity index (χ4n) is 3.61. The van der Waals surface area contributed by atoms with Gasteiger partial charge in [0.2, 0.25) is 0 Å². The normalized spacial score (nSPS) is 14.5. The first-order valence-electron chi connectivity index (χ1n) is 9.49. The summed E-state index contributed by atoms with van der Waals surface area (Å²) < 4.78 is 16.9. The van der Waals surface area contributed by atoms with Crippen molar-refractivity contribution in [3.8, 4) is 11.5 Å². The van der Waals surface area contributed by atoms with Crippen LogP contribution in [0.4, 0.5) is 5.69 Å². The van der Waals surface area contributed by atoms with Gasteiger partial charge in [-0.3, -0.25) is 0 Å². The molecule has 1 aliphatic rings. The average molecular weight is 381 g/mol. The monoisotopic (exact) mass is 381 g/mol. The number of aliphatic hydroxyl groups is 1. The van der Waals surface area contributed by atoms with E-state index in [0.29, 0.717) is 22.8 Å². The molecule has 0 aliphatic heterocycles. The van der Waals surface area contributed by atoms with Crippen LogP contribution < -0.4 is 20.8 Å². The molecule has 1 unspecified atom stereocenters. The average Bonchev–Trinajstić information content (AvgIpc) is 2.71. The number of anilines is 1. The lowest BCUT2D eigenvalue weighted by Gasteiger charge is -2.19. The molecule has 28 heavy (non-hydrogen) atoms. The Morgan fingerprint density at radius 2 is 1.64 bits per heavy atom. The van der Waals surface area contributed by atoms with E-state index in [1.54, 1.807) is 24.3 Å². The number of hydrogen-bond donors (Lipinski definition) is 2. The zero-order chi connectivity index (χ0) is 19.5. The minimum Gasteiger partial charge on any atom is -0.490 e. The Morgan fingerprint density at radius 3 is 2.43 bits per heavy atom. The molecule has 2 aromatic carbocycles. The summed E-state index contributed by atoms with van der Waals surface area (Å²) in [5.74, 6) is 1.14. The molecule has 4 rings (SSSR count). The second-order valence-corrected chi connectivity index (χ2v) is 7.00. The number of ether oxygens (including phenoxy) is 2. The van der Waals surface area contributed by atoms with Crippen LogP contribution in [0.2, 0.25) is 0 Å². The van der Waals surface area contributed by atoms with Crippen LogP contribution in [0.25, 0.3) is 11.0 Å². The molecular weight excluding hydrogens is 358 g/mol. The van der Waals surface area contributed by atoms with Crippen molar-refractivity contribution in [2.75, 3.05) is 18.9 Å². The number of benzene rings is 2. The Morgan fingerprint density at radius 1 is 0.964 bits per heavy atom. The smallest absolute Gasteiger partial charge is 0.339 e. The largest absolute Gasteiger partial charge is 0.490 e. The van der Waals surface area contributed by atoms with Crippen LogP contribution in [0.1, 0.15) is 24.0 Å². The summed E-state index contributed by atoms with van der Waals surface area (Å²) in [4.78, 5) is 12.2. The first-order chi connectivity index (χ1) is 13.6. The lowest BCUT2D eigenvalue weighted by molar-refractivity contribution is 0.0634. The molecule has 0 spiro atoms. The molecule has 146 valence electrons. The highest BCUT2D eigenvalue weighted by atomic mass is 16.5. The number of para-hydroxylation sites is 2. The van der Waals surface area contributed by atoms with E-state index in [4.69, 9.17) is 19.6 Å². The third-order valence-electron chi connectivity index (χ3n) is 4.99. The van der Waals surface area contributed by atoms with Crippen molar-refractivity contribution in [2.24, 2.45) is 0 Å². The van der Waals surface area contributed by atoms with Crippen LogP contribution in [-0.4, -0.2) is 24.4 Å². The summed E-state index contributed by atoms with van der Waals surface area (Å²) >= 11 is 0. The zero-order valence-corrected chi connectivity index (χ0v) is 15.5. The van der Waals surface area contributed by atoms with Gasteiger partial charge < -0.3 is 24.7 Å². The van der Waals surface area contributed by atoms with Crippen LogP contribution in [-0.2, 0) is 12.8 Å². The van der Waals surface area contributed by atoms with Gasteiger partial charge in [-0.1, -0.05) is 18.2 Å². The topological polar surface area (TPSA) is 94.9 Å². The molecule has 1 atom stereocenters. The minimum atomic E-state index is -0.832. The maximum Gasteiger partial charge on any atom is 0.339 e. The second-order valence-electron chi connectivity index (χ2n) is 7.00. The van der Waals surface area contributed by atoms with Gasteiger partial charge in [-0.2, -0.15) is 0 Å². The molecule has 1 aromatic heterocycles. The molecule has 3 N–H and O–H groups in total. The van der Waals surface area contributed by atoms with Crippen molar-refractivity contribution in [1.29, 1.82) is 0 Å². The molecule has 6 heteroatoms. The highest BCUT2D eigenvalue weighted by molar-refractivity contribution is 5.87. The number of nitrogens with two attached hydrogens (primary N) is 1. The number of fused-ring (bicyclic) bond motifs is 3. The molecule has 1 heterocycles. The molecule has 0 saturated carbocycles. The van der Waals surface area contributed by atoms with Crippen LogP contribution in [0.5, 0.6) is 11.5 Å². The highest BCUT2D eigenvalue weighted by Crippen LogP contribution is 2.33. The van der Waals surface area contributed by atoms with Gasteiger partial charge in [0.1, 0.15) is 36.4 Å². The number of rotatable bonds is 6. The van der Waals surface area contributed by atoms with Crippen LogP contribution in [0, 0.1) is 0 Å². The number of nitrogen functional groups attached to an aromatic ring is 1. The van der Waals surface area contributed by atoms with E-state index in [1.165, 1.54) is 0 Å². The molecule has 0 bridgehead atoms. The Balaban J connectivity index is 1.50. The molecule has 6 nitrogen and oxygen atoms in total. The maximum absolute atomic E-state index is 12.2. The van der Waals surface area contributed by atoms with Crippen LogP contribution >= 0.6 is 0 Å². The van der Waals surface area contributed by atoms with Crippen molar-refractivity contribution >= 4 is 16.7 Å². The van der Waals surface area contributed by atoms with Gasteiger partial charge in [0.25, 0.3) is 0 Å². The first kappa shape index (κ1) is 18.4. The SMILES string of the molecule is Nc1ccccc1OCC(O)COc1cccc2oc(=O)c3c(c12)CCCC3. The zero-order valence-electron chi connectivity index (χ0n) is 15.5. The minimum absolute atomic E-state index is 0.0553. The summed E-state index contributed by atoms with van der Waals surface area (Å²) in [5, 5.41) is 11.1. The molecule has 0 amide bonds. The summed E-state index contributed by atoms with van der Waals surface area (Å²) in [7, 11) is 0. The van der Waals surface area contributed by atoms with Crippen molar-refractivity contribution in [2.45, 2.75) is 31.8 Å². The van der Waals surface area contributed by atoms with Gasteiger partial charge in [0.15, 0.2) is 0 Å². The van der Waals surface area contributed by atoms with E-state index in [1.807, 2.05) is 18.2 Å². The van der Waals surface area contributed by atoms with E-state index in [0.717, 1.165) is 42.2 Å². The first-order valence-corrected chi connectivity index (χ1v) is 9.49. The predicted octanol–water partition coefficient (Wildman–Crippen LogP) is 3.07. The van der Waals surface area contributed by atoms with Crippen molar-refractivity contribution in [1.82, 2.24) is 0 Å². The van der Waals surface area contributed by atoms with Crippen molar-refractivity contribution < 1.29 is 19.0 Å². The van der Waals surface area contributed by atoms with Crippen molar-refractivity contribution in [3.05, 3.63) is 64.0 Å². The fourth-order valence-corrected chi connectivity index (χ4v) is 3.61. The number of aliphatic hydroxyl groups excluding tert-OH is 1. The van der Waals surface area contributed by atoms with Gasteiger partial charge in [0, 0.05) is 5.56 Å². The molecule has 0 fully saturated rings. The van der Waals surface area contributed by atoms with Gasteiger partial charge in [-0.25, -0.2) is 4.79 Å². The van der Waals surface area contributed by atoms with E-state index < -0.39 is 6.10 Å². The Labute approximate surface area is 162 Å².